The van der Waals surface area contributed by atoms with Gasteiger partial charge in [0.2, 0.25) is 5.65 Å². The molecule has 0 aliphatic carbocycles. The third-order valence-corrected chi connectivity index (χ3v) is 2.98. The Balaban J connectivity index is 2.14. The SMILES string of the molecule is CCCC(C)COc1nc(Br)cn2ccnc12. The zero-order chi connectivity index (χ0) is 12.3. The van der Waals surface area contributed by atoms with E-state index in [4.69, 9.17) is 4.74 Å². The number of aromatic nitrogens is 3. The smallest absolute Gasteiger partial charge is 0.259 e. The van der Waals surface area contributed by atoms with E-state index < -0.39 is 0 Å². The molecule has 0 aliphatic rings. The molecule has 0 radical (unpaired) electrons. The molecule has 0 N–H and O–H groups in total. The van der Waals surface area contributed by atoms with Crippen molar-refractivity contribution in [1.29, 1.82) is 0 Å². The predicted octanol–water partition coefficient (Wildman–Crippen LogP) is 3.31. The highest BCUT2D eigenvalue weighted by Crippen LogP contribution is 2.20. The molecule has 5 heteroatoms. The van der Waals surface area contributed by atoms with Gasteiger partial charge in [-0.2, -0.15) is 0 Å². The summed E-state index contributed by atoms with van der Waals surface area (Å²) in [5.74, 6) is 1.13. The Bertz CT molecular complexity index is 497. The Morgan fingerprint density at radius 3 is 3.12 bits per heavy atom. The first-order valence-corrected chi connectivity index (χ1v) is 6.62. The minimum absolute atomic E-state index is 0.538. The van der Waals surface area contributed by atoms with E-state index in [1.54, 1.807) is 6.20 Å². The molecule has 0 spiro atoms. The molecule has 0 saturated heterocycles. The van der Waals surface area contributed by atoms with Gasteiger partial charge in [0.25, 0.3) is 5.88 Å². The Labute approximate surface area is 109 Å². The summed E-state index contributed by atoms with van der Waals surface area (Å²) >= 11 is 3.37. The molecule has 0 bridgehead atoms. The second kappa shape index (κ2) is 5.49. The minimum atomic E-state index is 0.538. The van der Waals surface area contributed by atoms with Gasteiger partial charge in [-0.3, -0.25) is 4.40 Å². The zero-order valence-electron chi connectivity index (χ0n) is 10.1. The largest absolute Gasteiger partial charge is 0.475 e. The lowest BCUT2D eigenvalue weighted by atomic mass is 10.1. The maximum absolute atomic E-state index is 5.75. The first kappa shape index (κ1) is 12.4. The summed E-state index contributed by atoms with van der Waals surface area (Å²) < 4.78 is 8.40. The van der Waals surface area contributed by atoms with Crippen LogP contribution in [0.4, 0.5) is 0 Å². The van der Waals surface area contributed by atoms with Gasteiger partial charge in [-0.15, -0.1) is 0 Å². The fourth-order valence-corrected chi connectivity index (χ4v) is 2.15. The highest BCUT2D eigenvalue weighted by atomic mass is 79.9. The summed E-state index contributed by atoms with van der Waals surface area (Å²) in [6, 6.07) is 0. The van der Waals surface area contributed by atoms with Gasteiger partial charge in [-0.1, -0.05) is 20.3 Å². The molecule has 1 atom stereocenters. The van der Waals surface area contributed by atoms with E-state index in [1.807, 2.05) is 16.8 Å². The van der Waals surface area contributed by atoms with E-state index in [9.17, 15) is 0 Å². The van der Waals surface area contributed by atoms with E-state index in [0.717, 1.165) is 10.3 Å². The standard InChI is InChI=1S/C12H16BrN3O/c1-3-4-9(2)8-17-12-11-14-5-6-16(11)7-10(13)15-12/h5-7,9H,3-4,8H2,1-2H3. The molecular weight excluding hydrogens is 282 g/mol. The highest BCUT2D eigenvalue weighted by molar-refractivity contribution is 9.10. The van der Waals surface area contributed by atoms with Crippen molar-refractivity contribution in [3.63, 3.8) is 0 Å². The molecule has 0 amide bonds. The van der Waals surface area contributed by atoms with Crippen molar-refractivity contribution in [3.05, 3.63) is 23.2 Å². The quantitative estimate of drug-likeness (QED) is 0.850. The lowest BCUT2D eigenvalue weighted by Gasteiger charge is -2.12. The third kappa shape index (κ3) is 2.97. The van der Waals surface area contributed by atoms with Crippen LogP contribution < -0.4 is 4.74 Å². The molecule has 0 fully saturated rings. The molecule has 0 aromatic carbocycles. The molecular formula is C12H16BrN3O. The van der Waals surface area contributed by atoms with Crippen LogP contribution in [0.1, 0.15) is 26.7 Å². The van der Waals surface area contributed by atoms with Crippen molar-refractivity contribution in [1.82, 2.24) is 14.4 Å². The number of fused-ring (bicyclic) bond motifs is 1. The van der Waals surface area contributed by atoms with E-state index in [0.29, 0.717) is 18.4 Å². The van der Waals surface area contributed by atoms with Crippen LogP contribution in [0.15, 0.2) is 23.2 Å². The molecule has 2 aromatic rings. The van der Waals surface area contributed by atoms with Crippen LogP contribution in [0.25, 0.3) is 5.65 Å². The first-order valence-electron chi connectivity index (χ1n) is 5.82. The van der Waals surface area contributed by atoms with Crippen molar-refractivity contribution in [2.45, 2.75) is 26.7 Å². The molecule has 0 saturated carbocycles. The minimum Gasteiger partial charge on any atom is -0.475 e. The van der Waals surface area contributed by atoms with Gasteiger partial charge in [-0.25, -0.2) is 9.97 Å². The van der Waals surface area contributed by atoms with Crippen molar-refractivity contribution in [2.24, 2.45) is 5.92 Å². The molecule has 1 unspecified atom stereocenters. The molecule has 2 aromatic heterocycles. The van der Waals surface area contributed by atoms with Gasteiger partial charge < -0.3 is 4.74 Å². The molecule has 2 rings (SSSR count). The maximum atomic E-state index is 5.75. The second-order valence-corrected chi connectivity index (χ2v) is 5.04. The van der Waals surface area contributed by atoms with Crippen LogP contribution >= 0.6 is 15.9 Å². The summed E-state index contributed by atoms with van der Waals surface area (Å²) in [7, 11) is 0. The van der Waals surface area contributed by atoms with Crippen LogP contribution in [-0.4, -0.2) is 21.0 Å². The first-order chi connectivity index (χ1) is 8.20. The van der Waals surface area contributed by atoms with Crippen molar-refractivity contribution in [2.75, 3.05) is 6.61 Å². The number of ether oxygens (including phenoxy) is 1. The Morgan fingerprint density at radius 1 is 1.53 bits per heavy atom. The van der Waals surface area contributed by atoms with Gasteiger partial charge in [0, 0.05) is 18.6 Å². The number of nitrogens with zero attached hydrogens (tertiary/aromatic N) is 3. The maximum Gasteiger partial charge on any atom is 0.259 e. The molecule has 2 heterocycles. The zero-order valence-corrected chi connectivity index (χ0v) is 11.6. The summed E-state index contributed by atoms with van der Waals surface area (Å²) in [6.07, 6.45) is 7.83. The van der Waals surface area contributed by atoms with Crippen LogP contribution in [0, 0.1) is 5.92 Å². The average Bonchev–Trinajstić information content (AvgIpc) is 2.74. The van der Waals surface area contributed by atoms with Crippen LogP contribution in [0.5, 0.6) is 5.88 Å². The molecule has 0 aliphatic heterocycles. The summed E-state index contributed by atoms with van der Waals surface area (Å²) in [5.41, 5.74) is 0.761. The molecule has 92 valence electrons. The van der Waals surface area contributed by atoms with Crippen molar-refractivity contribution in [3.8, 4) is 5.88 Å². The number of rotatable bonds is 5. The van der Waals surface area contributed by atoms with Crippen LogP contribution in [0.3, 0.4) is 0 Å². The van der Waals surface area contributed by atoms with Crippen LogP contribution in [0.2, 0.25) is 0 Å². The summed E-state index contributed by atoms with van der Waals surface area (Å²) in [4.78, 5) is 8.56. The fraction of sp³-hybridized carbons (Fsp3) is 0.500. The molecule has 17 heavy (non-hydrogen) atoms. The van der Waals surface area contributed by atoms with E-state index in [-0.39, 0.29) is 0 Å². The van der Waals surface area contributed by atoms with Crippen molar-refractivity contribution < 1.29 is 4.74 Å². The Hall–Kier alpha value is -1.10. The predicted molar refractivity (Wildman–Crippen MR) is 70.3 cm³/mol. The number of imidazole rings is 1. The van der Waals surface area contributed by atoms with Gasteiger partial charge in [0.05, 0.1) is 6.61 Å². The van der Waals surface area contributed by atoms with E-state index in [2.05, 4.69) is 39.7 Å². The van der Waals surface area contributed by atoms with E-state index >= 15 is 0 Å². The van der Waals surface area contributed by atoms with E-state index in [1.165, 1.54) is 12.8 Å². The molecule has 4 nitrogen and oxygen atoms in total. The lowest BCUT2D eigenvalue weighted by Crippen LogP contribution is -2.10. The second-order valence-electron chi connectivity index (χ2n) is 4.23. The van der Waals surface area contributed by atoms with Crippen molar-refractivity contribution >= 4 is 21.6 Å². The average molecular weight is 298 g/mol. The van der Waals surface area contributed by atoms with Gasteiger partial charge >= 0.3 is 0 Å². The Kier molecular flexibility index (Phi) is 3.99. The van der Waals surface area contributed by atoms with Gasteiger partial charge in [-0.05, 0) is 28.3 Å². The highest BCUT2D eigenvalue weighted by Gasteiger charge is 2.09. The fourth-order valence-electron chi connectivity index (χ4n) is 1.77. The lowest BCUT2D eigenvalue weighted by molar-refractivity contribution is 0.244. The normalized spacial score (nSPS) is 12.9. The van der Waals surface area contributed by atoms with Crippen LogP contribution in [-0.2, 0) is 0 Å². The van der Waals surface area contributed by atoms with Gasteiger partial charge in [0.1, 0.15) is 4.60 Å². The van der Waals surface area contributed by atoms with Gasteiger partial charge in [0.15, 0.2) is 0 Å². The number of hydrogen-bond donors (Lipinski definition) is 0. The Morgan fingerprint density at radius 2 is 2.35 bits per heavy atom. The number of halogens is 1. The number of hydrogen-bond acceptors (Lipinski definition) is 3. The summed E-state index contributed by atoms with van der Waals surface area (Å²) in [5, 5.41) is 0. The summed E-state index contributed by atoms with van der Waals surface area (Å²) in [6.45, 7) is 5.05. The monoisotopic (exact) mass is 297 g/mol. The topological polar surface area (TPSA) is 39.4 Å². The third-order valence-electron chi connectivity index (χ3n) is 2.60.